The quantitative estimate of drug-likeness (QED) is 0.256. The van der Waals surface area contributed by atoms with Gasteiger partial charge < -0.3 is 0 Å². The molecule has 2 saturated carbocycles. The summed E-state index contributed by atoms with van der Waals surface area (Å²) in [5.74, 6) is -0.378. The van der Waals surface area contributed by atoms with Gasteiger partial charge in [0.25, 0.3) is 0 Å². The Kier molecular flexibility index (Phi) is 8.88. The van der Waals surface area contributed by atoms with Crippen molar-refractivity contribution in [3.63, 3.8) is 0 Å². The van der Waals surface area contributed by atoms with Crippen LogP contribution >= 0.6 is 0 Å². The molecular weight excluding hydrogens is 420 g/mol. The van der Waals surface area contributed by atoms with Crippen LogP contribution in [0.2, 0.25) is 0 Å². The summed E-state index contributed by atoms with van der Waals surface area (Å²) in [7, 11) is 0. The maximum absolute atomic E-state index is 14.4. The molecule has 0 N–H and O–H groups in total. The molecule has 0 spiro atoms. The van der Waals surface area contributed by atoms with E-state index in [-0.39, 0.29) is 29.7 Å². The first-order valence-electron chi connectivity index (χ1n) is 12.9. The SMILES string of the molecule is CC(C)=CCC/C(C)=C/C[C@]12C[C@@H](CC=C(C)C)C(C)(C)[C@](CC=C(C)C)(C(=O)CC1=O)C2=O. The van der Waals surface area contributed by atoms with Crippen LogP contribution in [0.4, 0.5) is 0 Å². The first-order chi connectivity index (χ1) is 15.7. The van der Waals surface area contributed by atoms with E-state index in [4.69, 9.17) is 0 Å². The molecule has 0 aromatic carbocycles. The van der Waals surface area contributed by atoms with Crippen molar-refractivity contribution in [3.05, 3.63) is 46.6 Å². The first kappa shape index (κ1) is 28.2. The van der Waals surface area contributed by atoms with E-state index in [2.05, 4.69) is 66.7 Å². The number of carbonyl (C=O) groups excluding carboxylic acids is 3. The molecule has 0 aliphatic heterocycles. The summed E-state index contributed by atoms with van der Waals surface area (Å²) in [5.41, 5.74) is 2.06. The van der Waals surface area contributed by atoms with Crippen molar-refractivity contribution in [2.24, 2.45) is 22.2 Å². The predicted octanol–water partition coefficient (Wildman–Crippen LogP) is 7.91. The molecule has 34 heavy (non-hydrogen) atoms. The number of rotatable bonds is 9. The van der Waals surface area contributed by atoms with Gasteiger partial charge in [0.15, 0.2) is 17.3 Å². The van der Waals surface area contributed by atoms with E-state index in [1.54, 1.807) is 0 Å². The largest absolute Gasteiger partial charge is 0.298 e. The van der Waals surface area contributed by atoms with Crippen LogP contribution in [-0.4, -0.2) is 17.3 Å². The Morgan fingerprint density at radius 1 is 0.794 bits per heavy atom. The molecule has 2 bridgehead atoms. The average Bonchev–Trinajstić information content (AvgIpc) is 2.71. The van der Waals surface area contributed by atoms with Crippen molar-refractivity contribution < 1.29 is 14.4 Å². The fourth-order valence-corrected chi connectivity index (χ4v) is 5.92. The maximum Gasteiger partial charge on any atom is 0.161 e. The van der Waals surface area contributed by atoms with Crippen molar-refractivity contribution in [1.29, 1.82) is 0 Å². The minimum atomic E-state index is -1.14. The molecule has 0 saturated heterocycles. The average molecular weight is 467 g/mol. The highest BCUT2D eigenvalue weighted by molar-refractivity contribution is 6.28. The predicted molar refractivity (Wildman–Crippen MR) is 142 cm³/mol. The van der Waals surface area contributed by atoms with Crippen molar-refractivity contribution >= 4 is 17.3 Å². The lowest BCUT2D eigenvalue weighted by molar-refractivity contribution is -0.180. The van der Waals surface area contributed by atoms with E-state index in [1.807, 2.05) is 19.9 Å². The Balaban J connectivity index is 2.60. The Morgan fingerprint density at radius 2 is 1.38 bits per heavy atom. The molecule has 3 nitrogen and oxygen atoms in total. The Hall–Kier alpha value is -2.03. The molecule has 2 aliphatic carbocycles. The second-order valence-corrected chi connectivity index (χ2v) is 12.0. The molecule has 0 amide bonds. The summed E-state index contributed by atoms with van der Waals surface area (Å²) in [6.45, 7) is 18.6. The zero-order valence-electron chi connectivity index (χ0n) is 23.1. The van der Waals surface area contributed by atoms with Gasteiger partial charge in [0.05, 0.1) is 17.3 Å². The van der Waals surface area contributed by atoms with Gasteiger partial charge in [-0.15, -0.1) is 0 Å². The number of carbonyl (C=O) groups is 3. The Morgan fingerprint density at radius 3 is 1.94 bits per heavy atom. The fraction of sp³-hybridized carbons (Fsp3) is 0.645. The number of Topliss-reactive ketones (excluding diaryl/α,β-unsaturated/α-hetero) is 3. The lowest BCUT2D eigenvalue weighted by Crippen LogP contribution is -2.68. The summed E-state index contributed by atoms with van der Waals surface area (Å²) >= 11 is 0. The number of ketones is 3. The molecule has 2 fully saturated rings. The standard InChI is InChI=1S/C31H46O3/c1-21(2)11-10-12-24(7)16-17-30-20-25(14-13-22(3)4)29(8,9)31(28(30)34,18-15-23(5)6)27(33)19-26(30)32/h11,13,15-16,25H,10,12,14,17-20H2,1-9H3/b24-16+/t25-,30+,31-/m1/s1. The lowest BCUT2D eigenvalue weighted by atomic mass is 9.39. The van der Waals surface area contributed by atoms with Gasteiger partial charge >= 0.3 is 0 Å². The van der Waals surface area contributed by atoms with E-state index < -0.39 is 16.2 Å². The van der Waals surface area contributed by atoms with Crippen molar-refractivity contribution in [2.75, 3.05) is 0 Å². The normalized spacial score (nSPS) is 28.4. The van der Waals surface area contributed by atoms with Crippen LogP contribution in [0.1, 0.15) is 107 Å². The molecular formula is C31H46O3. The molecule has 3 atom stereocenters. The third-order valence-corrected chi connectivity index (χ3v) is 8.39. The van der Waals surface area contributed by atoms with Gasteiger partial charge in [-0.2, -0.15) is 0 Å². The van der Waals surface area contributed by atoms with E-state index >= 15 is 0 Å². The molecule has 3 heteroatoms. The van der Waals surface area contributed by atoms with Gasteiger partial charge in [-0.3, -0.25) is 14.4 Å². The van der Waals surface area contributed by atoms with Crippen LogP contribution < -0.4 is 0 Å². The highest BCUT2D eigenvalue weighted by Crippen LogP contribution is 2.64. The topological polar surface area (TPSA) is 51.2 Å². The van der Waals surface area contributed by atoms with Gasteiger partial charge in [0.2, 0.25) is 0 Å². The van der Waals surface area contributed by atoms with Crippen molar-refractivity contribution in [1.82, 2.24) is 0 Å². The third-order valence-electron chi connectivity index (χ3n) is 8.39. The smallest absolute Gasteiger partial charge is 0.161 e. The zero-order valence-corrected chi connectivity index (χ0v) is 23.1. The van der Waals surface area contributed by atoms with Crippen molar-refractivity contribution in [2.45, 2.75) is 107 Å². The van der Waals surface area contributed by atoms with Gasteiger partial charge in [-0.05, 0) is 98.3 Å². The summed E-state index contributed by atoms with van der Waals surface area (Å²) in [6.07, 6.45) is 12.4. The Labute approximate surface area is 207 Å². The number of hydrogen-bond acceptors (Lipinski definition) is 3. The number of allylic oxidation sites excluding steroid dienone is 8. The second-order valence-electron chi connectivity index (χ2n) is 12.0. The molecule has 0 radical (unpaired) electrons. The molecule has 188 valence electrons. The van der Waals surface area contributed by atoms with E-state index in [9.17, 15) is 14.4 Å². The highest BCUT2D eigenvalue weighted by Gasteiger charge is 2.71. The third kappa shape index (κ3) is 5.29. The fourth-order valence-electron chi connectivity index (χ4n) is 5.92. The van der Waals surface area contributed by atoms with Crippen LogP contribution in [0.5, 0.6) is 0 Å². The summed E-state index contributed by atoms with van der Waals surface area (Å²) in [4.78, 5) is 41.5. The van der Waals surface area contributed by atoms with E-state index in [0.29, 0.717) is 19.3 Å². The summed E-state index contributed by atoms with van der Waals surface area (Å²) < 4.78 is 0. The minimum absolute atomic E-state index is 0.0817. The van der Waals surface area contributed by atoms with E-state index in [1.165, 1.54) is 16.7 Å². The highest BCUT2D eigenvalue weighted by atomic mass is 16.2. The van der Waals surface area contributed by atoms with Crippen LogP contribution in [0.25, 0.3) is 0 Å². The first-order valence-corrected chi connectivity index (χ1v) is 12.9. The molecule has 2 rings (SSSR count). The lowest BCUT2D eigenvalue weighted by Gasteiger charge is -2.60. The van der Waals surface area contributed by atoms with Gasteiger partial charge in [0.1, 0.15) is 0 Å². The number of fused-ring (bicyclic) bond motifs is 2. The number of hydrogen-bond donors (Lipinski definition) is 0. The van der Waals surface area contributed by atoms with Crippen LogP contribution in [0.3, 0.4) is 0 Å². The second kappa shape index (κ2) is 10.7. The minimum Gasteiger partial charge on any atom is -0.298 e. The molecule has 0 heterocycles. The van der Waals surface area contributed by atoms with Crippen molar-refractivity contribution in [3.8, 4) is 0 Å². The van der Waals surface area contributed by atoms with E-state index in [0.717, 1.165) is 24.8 Å². The maximum atomic E-state index is 14.4. The van der Waals surface area contributed by atoms with Crippen LogP contribution in [0.15, 0.2) is 46.6 Å². The monoisotopic (exact) mass is 466 g/mol. The summed E-state index contributed by atoms with van der Waals surface area (Å²) in [5, 5.41) is 0. The summed E-state index contributed by atoms with van der Waals surface area (Å²) in [6, 6.07) is 0. The zero-order chi connectivity index (χ0) is 25.9. The molecule has 0 aromatic heterocycles. The van der Waals surface area contributed by atoms with Crippen LogP contribution in [-0.2, 0) is 14.4 Å². The van der Waals surface area contributed by atoms with Crippen LogP contribution in [0, 0.1) is 22.2 Å². The molecule has 2 aliphatic rings. The molecule has 0 aromatic rings. The van der Waals surface area contributed by atoms with Gasteiger partial charge in [0, 0.05) is 0 Å². The molecule has 0 unspecified atom stereocenters. The van der Waals surface area contributed by atoms with Gasteiger partial charge in [-0.1, -0.05) is 60.4 Å². The van der Waals surface area contributed by atoms with Gasteiger partial charge in [-0.25, -0.2) is 0 Å². The Bertz CT molecular complexity index is 943.